The van der Waals surface area contributed by atoms with Crippen molar-refractivity contribution < 1.29 is 14.3 Å². The Morgan fingerprint density at radius 3 is 2.94 bits per heavy atom. The van der Waals surface area contributed by atoms with Crippen molar-refractivity contribution in [3.05, 3.63) is 0 Å². The number of likely N-dealkylation sites (tertiary alicyclic amines) is 1. The van der Waals surface area contributed by atoms with Crippen molar-refractivity contribution in [2.24, 2.45) is 11.7 Å². The van der Waals surface area contributed by atoms with Gasteiger partial charge in [0.05, 0.1) is 18.6 Å². The maximum absolute atomic E-state index is 12.3. The first kappa shape index (κ1) is 12.8. The third kappa shape index (κ3) is 2.78. The van der Waals surface area contributed by atoms with E-state index >= 15 is 0 Å². The lowest BCUT2D eigenvalue weighted by atomic mass is 9.96. The standard InChI is InChI=1S/C12H22N2O3/c1-16-11-2-4-14(10(6-11)7-13)12(15)9-3-5-17-8-9/h9-11H,2-8,13H2,1H3. The minimum absolute atomic E-state index is 0.0446. The summed E-state index contributed by atoms with van der Waals surface area (Å²) in [5.41, 5.74) is 5.77. The van der Waals surface area contributed by atoms with Gasteiger partial charge in [-0.15, -0.1) is 0 Å². The van der Waals surface area contributed by atoms with Crippen LogP contribution >= 0.6 is 0 Å². The molecule has 0 aromatic carbocycles. The molecule has 2 heterocycles. The molecular formula is C12H22N2O3. The van der Waals surface area contributed by atoms with Crippen LogP contribution in [0.1, 0.15) is 19.3 Å². The number of hydrogen-bond donors (Lipinski definition) is 1. The highest BCUT2D eigenvalue weighted by atomic mass is 16.5. The number of ether oxygens (including phenoxy) is 2. The van der Waals surface area contributed by atoms with Crippen molar-refractivity contribution in [1.82, 2.24) is 4.90 Å². The molecule has 0 aliphatic carbocycles. The molecule has 5 heteroatoms. The molecule has 3 atom stereocenters. The Bertz CT molecular complexity index is 266. The Kier molecular flexibility index (Phi) is 4.36. The third-order valence-corrected chi connectivity index (χ3v) is 3.84. The van der Waals surface area contributed by atoms with Crippen LogP contribution in [-0.2, 0) is 14.3 Å². The summed E-state index contributed by atoms with van der Waals surface area (Å²) >= 11 is 0. The number of piperidine rings is 1. The molecule has 0 spiro atoms. The molecule has 2 saturated heterocycles. The quantitative estimate of drug-likeness (QED) is 0.756. The van der Waals surface area contributed by atoms with Crippen LogP contribution in [0.3, 0.4) is 0 Å². The van der Waals surface area contributed by atoms with E-state index in [0.717, 1.165) is 25.8 Å². The molecule has 0 aromatic heterocycles. The fourth-order valence-electron chi connectivity index (χ4n) is 2.71. The van der Waals surface area contributed by atoms with Crippen molar-refractivity contribution >= 4 is 5.91 Å². The highest BCUT2D eigenvalue weighted by molar-refractivity contribution is 5.79. The molecule has 5 nitrogen and oxygen atoms in total. The van der Waals surface area contributed by atoms with Gasteiger partial charge in [-0.25, -0.2) is 0 Å². The van der Waals surface area contributed by atoms with Gasteiger partial charge < -0.3 is 20.1 Å². The van der Waals surface area contributed by atoms with E-state index in [0.29, 0.717) is 19.8 Å². The van der Waals surface area contributed by atoms with Gasteiger partial charge in [0.25, 0.3) is 0 Å². The van der Waals surface area contributed by atoms with Gasteiger partial charge in [-0.1, -0.05) is 0 Å². The fourth-order valence-corrected chi connectivity index (χ4v) is 2.71. The molecule has 17 heavy (non-hydrogen) atoms. The molecule has 0 radical (unpaired) electrons. The van der Waals surface area contributed by atoms with E-state index in [1.165, 1.54) is 0 Å². The zero-order valence-electron chi connectivity index (χ0n) is 10.4. The monoisotopic (exact) mass is 242 g/mol. The van der Waals surface area contributed by atoms with Crippen LogP contribution in [-0.4, -0.2) is 56.4 Å². The second-order valence-corrected chi connectivity index (χ2v) is 4.86. The Labute approximate surface area is 102 Å². The summed E-state index contributed by atoms with van der Waals surface area (Å²) in [6, 6.07) is 0.127. The average molecular weight is 242 g/mol. The summed E-state index contributed by atoms with van der Waals surface area (Å²) in [5.74, 6) is 0.260. The SMILES string of the molecule is COC1CCN(C(=O)C2CCOC2)C(CN)C1. The van der Waals surface area contributed by atoms with Crippen LogP contribution in [0.5, 0.6) is 0 Å². The van der Waals surface area contributed by atoms with Gasteiger partial charge in [0.15, 0.2) is 0 Å². The highest BCUT2D eigenvalue weighted by Gasteiger charge is 2.35. The van der Waals surface area contributed by atoms with Gasteiger partial charge in [0, 0.05) is 32.8 Å². The number of carbonyl (C=O) groups is 1. The molecule has 0 saturated carbocycles. The van der Waals surface area contributed by atoms with Crippen LogP contribution in [0.15, 0.2) is 0 Å². The molecule has 1 amide bonds. The van der Waals surface area contributed by atoms with E-state index in [2.05, 4.69) is 0 Å². The second-order valence-electron chi connectivity index (χ2n) is 4.86. The first-order valence-electron chi connectivity index (χ1n) is 6.37. The largest absolute Gasteiger partial charge is 0.381 e. The number of hydrogen-bond acceptors (Lipinski definition) is 4. The molecule has 98 valence electrons. The number of carbonyl (C=O) groups excluding carboxylic acids is 1. The van der Waals surface area contributed by atoms with Crippen molar-refractivity contribution in [2.45, 2.75) is 31.4 Å². The molecule has 2 aliphatic rings. The summed E-state index contributed by atoms with van der Waals surface area (Å²) in [6.07, 6.45) is 2.85. The van der Waals surface area contributed by atoms with Gasteiger partial charge in [0.1, 0.15) is 0 Å². The number of amides is 1. The summed E-state index contributed by atoms with van der Waals surface area (Å²) in [4.78, 5) is 14.3. The number of nitrogens with two attached hydrogens (primary N) is 1. The smallest absolute Gasteiger partial charge is 0.228 e. The lowest BCUT2D eigenvalue weighted by molar-refractivity contribution is -0.141. The summed E-state index contributed by atoms with van der Waals surface area (Å²) < 4.78 is 10.6. The summed E-state index contributed by atoms with van der Waals surface area (Å²) in [7, 11) is 1.72. The average Bonchev–Trinajstić information content (AvgIpc) is 2.91. The van der Waals surface area contributed by atoms with Gasteiger partial charge in [-0.2, -0.15) is 0 Å². The number of methoxy groups -OCH3 is 1. The molecule has 2 N–H and O–H groups in total. The Hall–Kier alpha value is -0.650. The molecule has 3 unspecified atom stereocenters. The zero-order valence-corrected chi connectivity index (χ0v) is 10.4. The van der Waals surface area contributed by atoms with Crippen LogP contribution in [0.25, 0.3) is 0 Å². The zero-order chi connectivity index (χ0) is 12.3. The third-order valence-electron chi connectivity index (χ3n) is 3.84. The normalized spacial score (nSPS) is 34.0. The Morgan fingerprint density at radius 1 is 1.53 bits per heavy atom. The lowest BCUT2D eigenvalue weighted by Gasteiger charge is -2.39. The predicted molar refractivity (Wildman–Crippen MR) is 63.5 cm³/mol. The van der Waals surface area contributed by atoms with E-state index in [-0.39, 0.29) is 24.0 Å². The maximum Gasteiger partial charge on any atom is 0.228 e. The van der Waals surface area contributed by atoms with Gasteiger partial charge in [-0.3, -0.25) is 4.79 Å². The van der Waals surface area contributed by atoms with Crippen LogP contribution < -0.4 is 5.73 Å². The van der Waals surface area contributed by atoms with E-state index in [1.54, 1.807) is 7.11 Å². The van der Waals surface area contributed by atoms with E-state index in [4.69, 9.17) is 15.2 Å². The molecular weight excluding hydrogens is 220 g/mol. The van der Waals surface area contributed by atoms with E-state index in [1.807, 2.05) is 4.90 Å². The Balaban J connectivity index is 1.96. The fraction of sp³-hybridized carbons (Fsp3) is 0.917. The van der Waals surface area contributed by atoms with Crippen molar-refractivity contribution in [3.63, 3.8) is 0 Å². The second kappa shape index (κ2) is 5.80. The number of nitrogens with zero attached hydrogens (tertiary/aromatic N) is 1. The molecule has 0 aromatic rings. The molecule has 2 fully saturated rings. The first-order valence-corrected chi connectivity index (χ1v) is 6.37. The Morgan fingerprint density at radius 2 is 2.35 bits per heavy atom. The van der Waals surface area contributed by atoms with E-state index in [9.17, 15) is 4.79 Å². The van der Waals surface area contributed by atoms with Crippen LogP contribution in [0.4, 0.5) is 0 Å². The minimum atomic E-state index is 0.0446. The molecule has 2 rings (SSSR count). The van der Waals surface area contributed by atoms with Crippen molar-refractivity contribution in [2.75, 3.05) is 33.4 Å². The highest BCUT2D eigenvalue weighted by Crippen LogP contribution is 2.23. The predicted octanol–water partition coefficient (Wildman–Crippen LogP) is -0.0124. The summed E-state index contributed by atoms with van der Waals surface area (Å²) in [5, 5.41) is 0. The van der Waals surface area contributed by atoms with Gasteiger partial charge in [-0.05, 0) is 19.3 Å². The summed E-state index contributed by atoms with van der Waals surface area (Å²) in [6.45, 7) is 2.55. The number of rotatable bonds is 3. The van der Waals surface area contributed by atoms with E-state index < -0.39 is 0 Å². The minimum Gasteiger partial charge on any atom is -0.381 e. The maximum atomic E-state index is 12.3. The van der Waals surface area contributed by atoms with Crippen LogP contribution in [0, 0.1) is 5.92 Å². The topological polar surface area (TPSA) is 64.8 Å². The van der Waals surface area contributed by atoms with Gasteiger partial charge in [0.2, 0.25) is 5.91 Å². The first-order chi connectivity index (χ1) is 8.26. The molecule has 0 bridgehead atoms. The lowest BCUT2D eigenvalue weighted by Crippen LogP contribution is -2.53. The molecule has 2 aliphatic heterocycles. The van der Waals surface area contributed by atoms with Crippen LogP contribution in [0.2, 0.25) is 0 Å². The van der Waals surface area contributed by atoms with Gasteiger partial charge >= 0.3 is 0 Å². The van der Waals surface area contributed by atoms with Crippen molar-refractivity contribution in [3.8, 4) is 0 Å². The van der Waals surface area contributed by atoms with Crippen molar-refractivity contribution in [1.29, 1.82) is 0 Å².